The molecule has 2 N–H and O–H groups in total. The van der Waals surface area contributed by atoms with Gasteiger partial charge in [-0.25, -0.2) is 0 Å². The molecule has 0 spiro atoms. The molecule has 0 radical (unpaired) electrons. The first kappa shape index (κ1) is 11.9. The van der Waals surface area contributed by atoms with Gasteiger partial charge in [0, 0.05) is 29.2 Å². The van der Waals surface area contributed by atoms with Gasteiger partial charge in [0.15, 0.2) is 0 Å². The first-order valence-electron chi connectivity index (χ1n) is 5.42. The summed E-state index contributed by atoms with van der Waals surface area (Å²) < 4.78 is 0.778. The minimum absolute atomic E-state index is 0.123. The fourth-order valence-electron chi connectivity index (χ4n) is 1.79. The molecule has 2 rings (SSSR count). The summed E-state index contributed by atoms with van der Waals surface area (Å²) in [7, 11) is 0. The molecular weight excluding hydrogens is 282 g/mol. The summed E-state index contributed by atoms with van der Waals surface area (Å²) in [5, 5.41) is 14.9. The number of benzene rings is 1. The van der Waals surface area contributed by atoms with E-state index in [1.807, 2.05) is 12.1 Å². The number of halogens is 1. The molecule has 17 heavy (non-hydrogen) atoms. The van der Waals surface area contributed by atoms with Crippen LogP contribution in [-0.4, -0.2) is 18.5 Å². The molecule has 0 aromatic heterocycles. The molecule has 1 saturated heterocycles. The van der Waals surface area contributed by atoms with Gasteiger partial charge in [0.05, 0.1) is 5.56 Å². The van der Waals surface area contributed by atoms with Gasteiger partial charge in [-0.15, -0.1) is 0 Å². The minimum Gasteiger partial charge on any atom is -0.383 e. The number of hydrogen-bond donors (Lipinski definition) is 2. The highest BCUT2D eigenvalue weighted by atomic mass is 79.9. The van der Waals surface area contributed by atoms with E-state index >= 15 is 0 Å². The highest BCUT2D eigenvalue weighted by Crippen LogP contribution is 2.21. The van der Waals surface area contributed by atoms with E-state index in [4.69, 9.17) is 5.26 Å². The van der Waals surface area contributed by atoms with E-state index in [1.54, 1.807) is 6.07 Å². The molecule has 1 atom stereocenters. The lowest BCUT2D eigenvalue weighted by molar-refractivity contribution is -0.119. The predicted octanol–water partition coefficient (Wildman–Crippen LogP) is 2.01. The number of rotatable bonds is 3. The Morgan fingerprint density at radius 2 is 2.41 bits per heavy atom. The number of anilines is 1. The normalized spacial score (nSPS) is 18.6. The summed E-state index contributed by atoms with van der Waals surface area (Å²) in [6.07, 6.45) is 1.49. The molecule has 1 unspecified atom stereocenters. The first-order chi connectivity index (χ1) is 8.19. The Balaban J connectivity index is 1.93. The van der Waals surface area contributed by atoms with E-state index in [2.05, 4.69) is 32.6 Å². The van der Waals surface area contributed by atoms with Crippen molar-refractivity contribution in [3.05, 3.63) is 28.2 Å². The molecule has 1 aromatic carbocycles. The highest BCUT2D eigenvalue weighted by Gasteiger charge is 2.19. The number of nitrogens with one attached hydrogen (secondary N) is 2. The monoisotopic (exact) mass is 293 g/mol. The second-order valence-corrected chi connectivity index (χ2v) is 4.84. The molecule has 5 heteroatoms. The average Bonchev–Trinajstić information content (AvgIpc) is 2.73. The third-order valence-electron chi connectivity index (χ3n) is 2.73. The standard InChI is InChI=1S/C12H12BrN3O/c13-11-5-9(2-1-8(11)6-14)15-7-10-3-4-12(17)16-10/h1-2,5,10,15H,3-4,7H2,(H,16,17). The Bertz CT molecular complexity index is 481. The van der Waals surface area contributed by atoms with E-state index in [-0.39, 0.29) is 11.9 Å². The van der Waals surface area contributed by atoms with Crippen LogP contribution >= 0.6 is 15.9 Å². The smallest absolute Gasteiger partial charge is 0.220 e. The summed E-state index contributed by atoms with van der Waals surface area (Å²) in [6.45, 7) is 0.712. The van der Waals surface area contributed by atoms with Crippen LogP contribution in [0, 0.1) is 11.3 Å². The molecular formula is C12H12BrN3O. The van der Waals surface area contributed by atoms with Crippen LogP contribution in [0.4, 0.5) is 5.69 Å². The molecule has 1 aliphatic heterocycles. The summed E-state index contributed by atoms with van der Waals surface area (Å²) in [5.74, 6) is 0.123. The molecule has 0 aliphatic carbocycles. The fourth-order valence-corrected chi connectivity index (χ4v) is 2.25. The summed E-state index contributed by atoms with van der Waals surface area (Å²) >= 11 is 3.34. The predicted molar refractivity (Wildman–Crippen MR) is 68.5 cm³/mol. The van der Waals surface area contributed by atoms with Gasteiger partial charge in [0.25, 0.3) is 0 Å². The van der Waals surface area contributed by atoms with Crippen LogP contribution in [0.2, 0.25) is 0 Å². The van der Waals surface area contributed by atoms with Crippen molar-refractivity contribution in [1.29, 1.82) is 5.26 Å². The maximum Gasteiger partial charge on any atom is 0.220 e. The second kappa shape index (κ2) is 5.19. The average molecular weight is 294 g/mol. The zero-order chi connectivity index (χ0) is 12.3. The zero-order valence-electron chi connectivity index (χ0n) is 9.16. The van der Waals surface area contributed by atoms with Gasteiger partial charge in [0.1, 0.15) is 6.07 Å². The number of hydrogen-bond acceptors (Lipinski definition) is 3. The highest BCUT2D eigenvalue weighted by molar-refractivity contribution is 9.10. The van der Waals surface area contributed by atoms with Gasteiger partial charge in [-0.2, -0.15) is 5.26 Å². The second-order valence-electron chi connectivity index (χ2n) is 3.99. The van der Waals surface area contributed by atoms with Crippen molar-refractivity contribution in [3.63, 3.8) is 0 Å². The molecule has 88 valence electrons. The van der Waals surface area contributed by atoms with Gasteiger partial charge in [-0.1, -0.05) is 0 Å². The van der Waals surface area contributed by atoms with Crippen LogP contribution in [-0.2, 0) is 4.79 Å². The van der Waals surface area contributed by atoms with Crippen molar-refractivity contribution >= 4 is 27.5 Å². The van der Waals surface area contributed by atoms with Crippen molar-refractivity contribution < 1.29 is 4.79 Å². The lowest BCUT2D eigenvalue weighted by Gasteiger charge is -2.12. The van der Waals surface area contributed by atoms with Gasteiger partial charge < -0.3 is 10.6 Å². The Morgan fingerprint density at radius 3 is 3.00 bits per heavy atom. The van der Waals surface area contributed by atoms with Crippen molar-refractivity contribution in [2.45, 2.75) is 18.9 Å². The van der Waals surface area contributed by atoms with Crippen LogP contribution in [0.1, 0.15) is 18.4 Å². The number of nitrogens with zero attached hydrogens (tertiary/aromatic N) is 1. The van der Waals surface area contributed by atoms with E-state index < -0.39 is 0 Å². The quantitative estimate of drug-likeness (QED) is 0.896. The third kappa shape index (κ3) is 2.98. The number of carbonyl (C=O) groups excluding carboxylic acids is 1. The SMILES string of the molecule is N#Cc1ccc(NCC2CCC(=O)N2)cc1Br. The summed E-state index contributed by atoms with van der Waals surface area (Å²) in [5.41, 5.74) is 1.56. The first-order valence-corrected chi connectivity index (χ1v) is 6.21. The molecule has 1 aliphatic rings. The van der Waals surface area contributed by atoms with Crippen molar-refractivity contribution in [1.82, 2.24) is 5.32 Å². The topological polar surface area (TPSA) is 64.9 Å². The lowest BCUT2D eigenvalue weighted by Crippen LogP contribution is -2.31. The number of nitriles is 1. The molecule has 4 nitrogen and oxygen atoms in total. The lowest BCUT2D eigenvalue weighted by atomic mass is 10.2. The van der Waals surface area contributed by atoms with E-state index in [1.165, 1.54) is 0 Å². The minimum atomic E-state index is 0.123. The van der Waals surface area contributed by atoms with E-state index in [9.17, 15) is 4.79 Å². The van der Waals surface area contributed by atoms with Crippen LogP contribution in [0.5, 0.6) is 0 Å². The molecule has 1 amide bonds. The summed E-state index contributed by atoms with van der Waals surface area (Å²) in [4.78, 5) is 11.0. The van der Waals surface area contributed by atoms with Crippen LogP contribution in [0.15, 0.2) is 22.7 Å². The van der Waals surface area contributed by atoms with Gasteiger partial charge in [-0.3, -0.25) is 4.79 Å². The zero-order valence-corrected chi connectivity index (χ0v) is 10.8. The third-order valence-corrected chi connectivity index (χ3v) is 3.38. The van der Waals surface area contributed by atoms with E-state index in [0.29, 0.717) is 18.5 Å². The Morgan fingerprint density at radius 1 is 1.59 bits per heavy atom. The Hall–Kier alpha value is -1.54. The van der Waals surface area contributed by atoms with Crippen LogP contribution < -0.4 is 10.6 Å². The Labute approximate surface area is 108 Å². The summed E-state index contributed by atoms with van der Waals surface area (Å²) in [6, 6.07) is 7.79. The number of carbonyl (C=O) groups is 1. The maximum atomic E-state index is 11.0. The number of amides is 1. The Kier molecular flexibility index (Phi) is 3.64. The van der Waals surface area contributed by atoms with Gasteiger partial charge in [0.2, 0.25) is 5.91 Å². The van der Waals surface area contributed by atoms with Gasteiger partial charge >= 0.3 is 0 Å². The van der Waals surface area contributed by atoms with Crippen LogP contribution in [0.25, 0.3) is 0 Å². The molecule has 0 bridgehead atoms. The molecule has 1 aromatic rings. The van der Waals surface area contributed by atoms with Crippen molar-refractivity contribution in [2.24, 2.45) is 0 Å². The van der Waals surface area contributed by atoms with Crippen molar-refractivity contribution in [3.8, 4) is 6.07 Å². The fraction of sp³-hybridized carbons (Fsp3) is 0.333. The molecule has 1 fully saturated rings. The largest absolute Gasteiger partial charge is 0.383 e. The molecule has 0 saturated carbocycles. The van der Waals surface area contributed by atoms with Crippen LogP contribution in [0.3, 0.4) is 0 Å². The van der Waals surface area contributed by atoms with E-state index in [0.717, 1.165) is 16.6 Å². The molecule has 1 heterocycles. The maximum absolute atomic E-state index is 11.0. The van der Waals surface area contributed by atoms with Gasteiger partial charge in [-0.05, 0) is 40.5 Å². The van der Waals surface area contributed by atoms with Crippen molar-refractivity contribution in [2.75, 3.05) is 11.9 Å².